The molecule has 1 aliphatic heterocycles. The maximum atomic E-state index is 4.83. The SMILES string of the molecule is Cc1sc2nc(-c3cccnc3)nc(NCc3nnc4n3CCC4)c2c1C. The van der Waals surface area contributed by atoms with E-state index in [1.807, 2.05) is 12.1 Å². The van der Waals surface area contributed by atoms with Gasteiger partial charge >= 0.3 is 0 Å². The number of anilines is 1. The molecule has 0 aliphatic carbocycles. The highest BCUT2D eigenvalue weighted by molar-refractivity contribution is 7.18. The predicted octanol–water partition coefficient (Wildman–Crippen LogP) is 3.52. The summed E-state index contributed by atoms with van der Waals surface area (Å²) in [6, 6.07) is 3.89. The first-order valence-electron chi connectivity index (χ1n) is 9.03. The minimum Gasteiger partial charge on any atom is -0.362 e. The topological polar surface area (TPSA) is 81.4 Å². The highest BCUT2D eigenvalue weighted by Gasteiger charge is 2.19. The molecule has 0 bridgehead atoms. The van der Waals surface area contributed by atoms with E-state index in [-0.39, 0.29) is 0 Å². The second-order valence-corrected chi connectivity index (χ2v) is 7.95. The molecule has 4 aromatic heterocycles. The number of hydrogen-bond acceptors (Lipinski definition) is 7. The van der Waals surface area contributed by atoms with Crippen LogP contribution >= 0.6 is 11.3 Å². The van der Waals surface area contributed by atoms with Crippen LogP contribution in [-0.2, 0) is 19.5 Å². The zero-order chi connectivity index (χ0) is 18.4. The summed E-state index contributed by atoms with van der Waals surface area (Å²) < 4.78 is 2.21. The Hall–Kier alpha value is -2.87. The molecular weight excluding hydrogens is 358 g/mol. The van der Waals surface area contributed by atoms with Gasteiger partial charge in [0.15, 0.2) is 11.6 Å². The molecule has 1 N–H and O–H groups in total. The van der Waals surface area contributed by atoms with Crippen LogP contribution in [0.2, 0.25) is 0 Å². The Kier molecular flexibility index (Phi) is 3.86. The van der Waals surface area contributed by atoms with Crippen LogP contribution in [0.5, 0.6) is 0 Å². The van der Waals surface area contributed by atoms with E-state index in [0.717, 1.165) is 52.6 Å². The number of nitrogens with zero attached hydrogens (tertiary/aromatic N) is 6. The Morgan fingerprint density at radius 1 is 1.22 bits per heavy atom. The van der Waals surface area contributed by atoms with Crippen molar-refractivity contribution in [2.24, 2.45) is 0 Å². The fourth-order valence-electron chi connectivity index (χ4n) is 3.51. The molecule has 0 radical (unpaired) electrons. The van der Waals surface area contributed by atoms with Gasteiger partial charge in [0.25, 0.3) is 0 Å². The molecule has 8 heteroatoms. The van der Waals surface area contributed by atoms with Crippen molar-refractivity contribution in [1.29, 1.82) is 0 Å². The summed E-state index contributed by atoms with van der Waals surface area (Å²) in [6.07, 6.45) is 5.71. The van der Waals surface area contributed by atoms with E-state index in [2.05, 4.69) is 38.9 Å². The maximum Gasteiger partial charge on any atom is 0.164 e. The lowest BCUT2D eigenvalue weighted by Gasteiger charge is -2.10. The Labute approximate surface area is 160 Å². The second-order valence-electron chi connectivity index (χ2n) is 6.74. The van der Waals surface area contributed by atoms with Crippen LogP contribution < -0.4 is 5.32 Å². The van der Waals surface area contributed by atoms with Crippen molar-refractivity contribution < 1.29 is 0 Å². The molecule has 5 heterocycles. The molecule has 5 rings (SSSR count). The molecule has 0 fully saturated rings. The molecule has 0 unspecified atom stereocenters. The molecule has 4 aromatic rings. The van der Waals surface area contributed by atoms with Gasteiger partial charge in [0.05, 0.1) is 11.9 Å². The Morgan fingerprint density at radius 3 is 3.00 bits per heavy atom. The van der Waals surface area contributed by atoms with Crippen LogP contribution in [0.4, 0.5) is 5.82 Å². The van der Waals surface area contributed by atoms with Gasteiger partial charge in [0.2, 0.25) is 0 Å². The smallest absolute Gasteiger partial charge is 0.164 e. The number of nitrogens with one attached hydrogen (secondary N) is 1. The average molecular weight is 377 g/mol. The van der Waals surface area contributed by atoms with Gasteiger partial charge in [-0.3, -0.25) is 4.98 Å². The highest BCUT2D eigenvalue weighted by atomic mass is 32.1. The minimum absolute atomic E-state index is 0.597. The Morgan fingerprint density at radius 2 is 2.15 bits per heavy atom. The lowest BCUT2D eigenvalue weighted by atomic mass is 10.2. The van der Waals surface area contributed by atoms with Gasteiger partial charge in [-0.05, 0) is 38.0 Å². The molecule has 7 nitrogen and oxygen atoms in total. The monoisotopic (exact) mass is 377 g/mol. The van der Waals surface area contributed by atoms with Crippen molar-refractivity contribution in [2.75, 3.05) is 5.32 Å². The lowest BCUT2D eigenvalue weighted by Crippen LogP contribution is -2.09. The van der Waals surface area contributed by atoms with Crippen molar-refractivity contribution in [3.05, 3.63) is 46.6 Å². The van der Waals surface area contributed by atoms with E-state index in [4.69, 9.17) is 9.97 Å². The van der Waals surface area contributed by atoms with Crippen molar-refractivity contribution in [1.82, 2.24) is 29.7 Å². The van der Waals surface area contributed by atoms with Gasteiger partial charge in [0, 0.05) is 35.8 Å². The number of thiophene rings is 1. The minimum atomic E-state index is 0.597. The van der Waals surface area contributed by atoms with Crippen molar-refractivity contribution in [3.63, 3.8) is 0 Å². The second kappa shape index (κ2) is 6.38. The van der Waals surface area contributed by atoms with E-state index in [0.29, 0.717) is 12.4 Å². The van der Waals surface area contributed by atoms with Gasteiger partial charge in [-0.15, -0.1) is 21.5 Å². The summed E-state index contributed by atoms with van der Waals surface area (Å²) in [5.41, 5.74) is 2.14. The molecular formula is C19H19N7S. The van der Waals surface area contributed by atoms with Gasteiger partial charge in [0.1, 0.15) is 16.5 Å². The Balaban J connectivity index is 1.56. The summed E-state index contributed by atoms with van der Waals surface area (Å²) >= 11 is 1.70. The number of aromatic nitrogens is 6. The van der Waals surface area contributed by atoms with Crippen LogP contribution in [0.15, 0.2) is 24.5 Å². The van der Waals surface area contributed by atoms with Crippen molar-refractivity contribution in [2.45, 2.75) is 39.8 Å². The van der Waals surface area contributed by atoms with Gasteiger partial charge in [-0.1, -0.05) is 0 Å². The van der Waals surface area contributed by atoms with E-state index in [1.165, 1.54) is 10.4 Å². The first-order valence-corrected chi connectivity index (χ1v) is 9.85. The largest absolute Gasteiger partial charge is 0.362 e. The van der Waals surface area contributed by atoms with Gasteiger partial charge in [-0.25, -0.2) is 9.97 Å². The van der Waals surface area contributed by atoms with E-state index < -0.39 is 0 Å². The summed E-state index contributed by atoms with van der Waals surface area (Å²) in [6.45, 7) is 5.85. The fraction of sp³-hybridized carbons (Fsp3) is 0.316. The third-order valence-corrected chi connectivity index (χ3v) is 6.15. The number of fused-ring (bicyclic) bond motifs is 2. The molecule has 0 saturated carbocycles. The number of pyridine rings is 1. The summed E-state index contributed by atoms with van der Waals surface area (Å²) in [5.74, 6) is 3.57. The Bertz CT molecular complexity index is 1130. The van der Waals surface area contributed by atoms with Crippen LogP contribution in [0.3, 0.4) is 0 Å². The molecule has 0 amide bonds. The molecule has 27 heavy (non-hydrogen) atoms. The molecule has 0 saturated heterocycles. The van der Waals surface area contributed by atoms with Crippen LogP contribution in [0.25, 0.3) is 21.6 Å². The molecule has 136 valence electrons. The molecule has 0 spiro atoms. The van der Waals surface area contributed by atoms with E-state index in [9.17, 15) is 0 Å². The fourth-order valence-corrected chi connectivity index (χ4v) is 4.54. The molecule has 1 aliphatic rings. The molecule has 0 aromatic carbocycles. The third-order valence-electron chi connectivity index (χ3n) is 5.05. The van der Waals surface area contributed by atoms with Gasteiger partial charge in [-0.2, -0.15) is 0 Å². The maximum absolute atomic E-state index is 4.83. The first-order chi connectivity index (χ1) is 13.2. The quantitative estimate of drug-likeness (QED) is 0.586. The van der Waals surface area contributed by atoms with Crippen molar-refractivity contribution in [3.8, 4) is 11.4 Å². The van der Waals surface area contributed by atoms with Crippen molar-refractivity contribution >= 4 is 27.4 Å². The summed E-state index contributed by atoms with van der Waals surface area (Å²) in [7, 11) is 0. The average Bonchev–Trinajstić information content (AvgIpc) is 3.37. The lowest BCUT2D eigenvalue weighted by molar-refractivity contribution is 0.695. The van der Waals surface area contributed by atoms with Gasteiger partial charge < -0.3 is 9.88 Å². The number of rotatable bonds is 4. The van der Waals surface area contributed by atoms with E-state index >= 15 is 0 Å². The van der Waals surface area contributed by atoms with Crippen LogP contribution in [0.1, 0.15) is 28.5 Å². The molecule has 0 atom stereocenters. The standard InChI is InChI=1S/C19H19N7S/c1-11-12(2)27-19-16(11)18(22-17(23-19)13-5-3-7-20-9-13)21-10-15-25-24-14-6-4-8-26(14)15/h3,5,7,9H,4,6,8,10H2,1-2H3,(H,21,22,23). The first kappa shape index (κ1) is 16.3. The predicted molar refractivity (Wildman–Crippen MR) is 106 cm³/mol. The summed E-state index contributed by atoms with van der Waals surface area (Å²) in [5, 5.41) is 13.2. The zero-order valence-electron chi connectivity index (χ0n) is 15.2. The highest BCUT2D eigenvalue weighted by Crippen LogP contribution is 2.35. The van der Waals surface area contributed by atoms with E-state index in [1.54, 1.807) is 23.7 Å². The summed E-state index contributed by atoms with van der Waals surface area (Å²) in [4.78, 5) is 16.1. The van der Waals surface area contributed by atoms with Crippen LogP contribution in [0, 0.1) is 13.8 Å². The number of hydrogen-bond donors (Lipinski definition) is 1. The normalized spacial score (nSPS) is 13.3. The number of aryl methyl sites for hydroxylation is 3. The van der Waals surface area contributed by atoms with Crippen LogP contribution in [-0.4, -0.2) is 29.7 Å². The zero-order valence-corrected chi connectivity index (χ0v) is 16.0. The third kappa shape index (κ3) is 2.76.